The van der Waals surface area contributed by atoms with E-state index in [1.165, 1.54) is 0 Å². The van der Waals surface area contributed by atoms with E-state index < -0.39 is 0 Å². The van der Waals surface area contributed by atoms with E-state index in [4.69, 9.17) is 9.84 Å². The third-order valence-electron chi connectivity index (χ3n) is 3.69. The smallest absolute Gasteiger partial charge is 0.317 e. The Morgan fingerprint density at radius 1 is 1.50 bits per heavy atom. The molecule has 0 saturated carbocycles. The molecular weight excluding hydrogens is 256 g/mol. The molecule has 5 nitrogen and oxygen atoms in total. The number of methoxy groups -OCH3 is 1. The van der Waals surface area contributed by atoms with Crippen LogP contribution in [0.3, 0.4) is 0 Å². The number of nitrogens with zero attached hydrogens (tertiary/aromatic N) is 1. The lowest BCUT2D eigenvalue weighted by Crippen LogP contribution is -2.39. The number of amides is 2. The monoisotopic (exact) mass is 278 g/mol. The van der Waals surface area contributed by atoms with Gasteiger partial charge in [-0.3, -0.25) is 0 Å². The molecule has 0 radical (unpaired) electrons. The maximum absolute atomic E-state index is 12.0. The molecule has 1 aliphatic rings. The van der Waals surface area contributed by atoms with E-state index in [1.807, 2.05) is 24.3 Å². The molecule has 1 aromatic carbocycles. The molecule has 5 heteroatoms. The van der Waals surface area contributed by atoms with Gasteiger partial charge in [-0.15, -0.1) is 0 Å². The molecule has 20 heavy (non-hydrogen) atoms. The van der Waals surface area contributed by atoms with Gasteiger partial charge in [0.25, 0.3) is 0 Å². The van der Waals surface area contributed by atoms with Crippen molar-refractivity contribution in [1.29, 1.82) is 0 Å². The first-order valence-corrected chi connectivity index (χ1v) is 7.00. The highest BCUT2D eigenvalue weighted by Crippen LogP contribution is 2.18. The Labute approximate surface area is 119 Å². The normalized spacial score (nSPS) is 18.1. The lowest BCUT2D eigenvalue weighted by molar-refractivity contribution is 0.198. The van der Waals surface area contributed by atoms with Gasteiger partial charge >= 0.3 is 6.03 Å². The molecule has 1 saturated heterocycles. The summed E-state index contributed by atoms with van der Waals surface area (Å²) in [6, 6.07) is 7.77. The van der Waals surface area contributed by atoms with Gasteiger partial charge in [0.1, 0.15) is 5.75 Å². The number of para-hydroxylation sites is 1. The van der Waals surface area contributed by atoms with Crippen LogP contribution in [-0.2, 0) is 6.42 Å². The van der Waals surface area contributed by atoms with E-state index in [9.17, 15) is 4.79 Å². The number of benzene rings is 1. The van der Waals surface area contributed by atoms with Crippen molar-refractivity contribution in [2.45, 2.75) is 12.8 Å². The summed E-state index contributed by atoms with van der Waals surface area (Å²) < 4.78 is 5.28. The molecule has 1 aliphatic heterocycles. The third kappa shape index (κ3) is 3.63. The molecule has 1 fully saturated rings. The van der Waals surface area contributed by atoms with Gasteiger partial charge in [0, 0.05) is 32.2 Å². The molecule has 2 amide bonds. The number of nitrogens with one attached hydrogen (secondary N) is 1. The fourth-order valence-electron chi connectivity index (χ4n) is 2.49. The molecule has 0 aliphatic carbocycles. The maximum atomic E-state index is 12.0. The molecule has 110 valence electrons. The van der Waals surface area contributed by atoms with Gasteiger partial charge in [0.2, 0.25) is 0 Å². The van der Waals surface area contributed by atoms with Gasteiger partial charge in [0.15, 0.2) is 0 Å². The van der Waals surface area contributed by atoms with Crippen LogP contribution in [0.15, 0.2) is 24.3 Å². The first kappa shape index (κ1) is 14.7. The van der Waals surface area contributed by atoms with E-state index in [-0.39, 0.29) is 18.6 Å². The second-order valence-electron chi connectivity index (χ2n) is 5.08. The van der Waals surface area contributed by atoms with E-state index in [0.717, 1.165) is 30.7 Å². The largest absolute Gasteiger partial charge is 0.496 e. The Morgan fingerprint density at radius 3 is 3.00 bits per heavy atom. The summed E-state index contributed by atoms with van der Waals surface area (Å²) in [5, 5.41) is 12.0. The van der Waals surface area contributed by atoms with Crippen molar-refractivity contribution in [1.82, 2.24) is 10.2 Å². The zero-order chi connectivity index (χ0) is 14.4. The SMILES string of the molecule is COc1ccccc1CCNC(=O)N1CCC(CO)C1. The standard InChI is InChI=1S/C15H22N2O3/c1-20-14-5-3-2-4-13(14)6-8-16-15(19)17-9-7-12(10-17)11-18/h2-5,12,18H,6-11H2,1H3,(H,16,19). The summed E-state index contributed by atoms with van der Waals surface area (Å²) in [7, 11) is 1.65. The second kappa shape index (κ2) is 7.14. The molecule has 1 atom stereocenters. The molecular formula is C15H22N2O3. The maximum Gasteiger partial charge on any atom is 0.317 e. The van der Waals surface area contributed by atoms with E-state index in [0.29, 0.717) is 13.1 Å². The molecule has 1 unspecified atom stereocenters. The van der Waals surface area contributed by atoms with Gasteiger partial charge < -0.3 is 20.1 Å². The Kier molecular flexibility index (Phi) is 5.24. The number of aliphatic hydroxyl groups is 1. The van der Waals surface area contributed by atoms with E-state index in [2.05, 4.69) is 5.32 Å². The Bertz CT molecular complexity index is 450. The van der Waals surface area contributed by atoms with Crippen LogP contribution in [0.5, 0.6) is 5.75 Å². The highest BCUT2D eigenvalue weighted by Gasteiger charge is 2.25. The lowest BCUT2D eigenvalue weighted by atomic mass is 10.1. The highest BCUT2D eigenvalue weighted by atomic mass is 16.5. The number of urea groups is 1. The summed E-state index contributed by atoms with van der Waals surface area (Å²) in [5.74, 6) is 1.08. The van der Waals surface area contributed by atoms with Crippen LogP contribution in [0, 0.1) is 5.92 Å². The minimum absolute atomic E-state index is 0.0455. The number of rotatable bonds is 5. The summed E-state index contributed by atoms with van der Waals surface area (Å²) in [4.78, 5) is 13.7. The first-order valence-electron chi connectivity index (χ1n) is 7.00. The van der Waals surface area contributed by atoms with Crippen LogP contribution in [-0.4, -0.2) is 49.4 Å². The van der Waals surface area contributed by atoms with Crippen molar-refractivity contribution in [3.05, 3.63) is 29.8 Å². The number of hydrogen-bond donors (Lipinski definition) is 2. The zero-order valence-electron chi connectivity index (χ0n) is 11.8. The third-order valence-corrected chi connectivity index (χ3v) is 3.69. The van der Waals surface area contributed by atoms with Crippen molar-refractivity contribution >= 4 is 6.03 Å². The minimum atomic E-state index is -0.0455. The quantitative estimate of drug-likeness (QED) is 0.852. The highest BCUT2D eigenvalue weighted by molar-refractivity contribution is 5.74. The van der Waals surface area contributed by atoms with Crippen LogP contribution in [0.1, 0.15) is 12.0 Å². The fourth-order valence-corrected chi connectivity index (χ4v) is 2.49. The van der Waals surface area contributed by atoms with Crippen LogP contribution in [0.2, 0.25) is 0 Å². The summed E-state index contributed by atoms with van der Waals surface area (Å²) >= 11 is 0. The predicted molar refractivity (Wildman–Crippen MR) is 76.9 cm³/mol. The average molecular weight is 278 g/mol. The lowest BCUT2D eigenvalue weighted by Gasteiger charge is -2.17. The second-order valence-corrected chi connectivity index (χ2v) is 5.08. The molecule has 2 rings (SSSR count). The Hall–Kier alpha value is -1.75. The molecule has 0 aromatic heterocycles. The van der Waals surface area contributed by atoms with Crippen molar-refractivity contribution < 1.29 is 14.6 Å². The fraction of sp³-hybridized carbons (Fsp3) is 0.533. The Morgan fingerprint density at radius 2 is 2.30 bits per heavy atom. The van der Waals surface area contributed by atoms with Gasteiger partial charge in [-0.05, 0) is 24.5 Å². The molecule has 1 aromatic rings. The Balaban J connectivity index is 1.77. The summed E-state index contributed by atoms with van der Waals surface area (Å²) in [6.45, 7) is 2.12. The zero-order valence-corrected chi connectivity index (χ0v) is 11.8. The van der Waals surface area contributed by atoms with Crippen LogP contribution < -0.4 is 10.1 Å². The predicted octanol–water partition coefficient (Wildman–Crippen LogP) is 1.26. The number of carbonyl (C=O) groups is 1. The van der Waals surface area contributed by atoms with Gasteiger partial charge in [-0.25, -0.2) is 4.79 Å². The number of hydrogen-bond acceptors (Lipinski definition) is 3. The number of aliphatic hydroxyl groups excluding tert-OH is 1. The van der Waals surface area contributed by atoms with Crippen molar-refractivity contribution in [3.63, 3.8) is 0 Å². The van der Waals surface area contributed by atoms with Crippen LogP contribution in [0.25, 0.3) is 0 Å². The number of ether oxygens (including phenoxy) is 1. The van der Waals surface area contributed by atoms with Crippen molar-refractivity contribution in [2.75, 3.05) is 33.4 Å². The summed E-state index contributed by atoms with van der Waals surface area (Å²) in [5.41, 5.74) is 1.09. The summed E-state index contributed by atoms with van der Waals surface area (Å²) in [6.07, 6.45) is 1.63. The molecule has 2 N–H and O–H groups in total. The number of likely N-dealkylation sites (tertiary alicyclic amines) is 1. The van der Waals surface area contributed by atoms with Crippen LogP contribution >= 0.6 is 0 Å². The number of carbonyl (C=O) groups excluding carboxylic acids is 1. The topological polar surface area (TPSA) is 61.8 Å². The van der Waals surface area contributed by atoms with Gasteiger partial charge in [0.05, 0.1) is 7.11 Å². The van der Waals surface area contributed by atoms with Gasteiger partial charge in [-0.1, -0.05) is 18.2 Å². The minimum Gasteiger partial charge on any atom is -0.496 e. The van der Waals surface area contributed by atoms with E-state index >= 15 is 0 Å². The molecule has 0 spiro atoms. The van der Waals surface area contributed by atoms with Gasteiger partial charge in [-0.2, -0.15) is 0 Å². The average Bonchev–Trinajstić information content (AvgIpc) is 2.96. The molecule has 1 heterocycles. The van der Waals surface area contributed by atoms with Crippen molar-refractivity contribution in [3.8, 4) is 5.75 Å². The van der Waals surface area contributed by atoms with Crippen molar-refractivity contribution in [2.24, 2.45) is 5.92 Å². The first-order chi connectivity index (χ1) is 9.74. The van der Waals surface area contributed by atoms with E-state index in [1.54, 1.807) is 12.0 Å². The molecule has 0 bridgehead atoms. The van der Waals surface area contributed by atoms with Crippen LogP contribution in [0.4, 0.5) is 4.79 Å².